The number of hydrogen-bond donors (Lipinski definition) is 1. The molecule has 0 spiro atoms. The van der Waals surface area contributed by atoms with Gasteiger partial charge in [-0.1, -0.05) is 25.5 Å². The van der Waals surface area contributed by atoms with Crippen molar-refractivity contribution in [3.63, 3.8) is 0 Å². The summed E-state index contributed by atoms with van der Waals surface area (Å²) in [5.74, 6) is -0.0467. The van der Waals surface area contributed by atoms with Gasteiger partial charge in [-0.3, -0.25) is 14.9 Å². The molecule has 0 saturated heterocycles. The fourth-order valence-corrected chi connectivity index (χ4v) is 5.67. The Hall–Kier alpha value is -4.23. The second-order valence-electron chi connectivity index (χ2n) is 8.58. The van der Waals surface area contributed by atoms with Crippen LogP contribution in [0.4, 0.5) is 10.7 Å². The van der Waals surface area contributed by atoms with Gasteiger partial charge in [-0.05, 0) is 49.8 Å². The van der Waals surface area contributed by atoms with E-state index in [2.05, 4.69) is 12.2 Å². The average molecular weight is 520 g/mol. The number of carbonyl (C=O) groups excluding carboxylic acids is 2. The topological polar surface area (TPSA) is 135 Å². The lowest BCUT2D eigenvalue weighted by atomic mass is 9.85. The molecule has 0 fully saturated rings. The number of nitro groups is 1. The van der Waals surface area contributed by atoms with Gasteiger partial charge in [-0.2, -0.15) is 5.26 Å². The fourth-order valence-electron chi connectivity index (χ4n) is 4.33. The van der Waals surface area contributed by atoms with E-state index < -0.39 is 16.8 Å². The lowest BCUT2D eigenvalue weighted by molar-refractivity contribution is -0.384. The van der Waals surface area contributed by atoms with E-state index in [0.29, 0.717) is 27.8 Å². The number of carbonyl (C=O) groups is 2. The summed E-state index contributed by atoms with van der Waals surface area (Å²) in [5, 5.41) is 23.8. The number of thiophene rings is 1. The van der Waals surface area contributed by atoms with Crippen molar-refractivity contribution in [2.45, 2.75) is 39.5 Å². The van der Waals surface area contributed by atoms with Crippen molar-refractivity contribution in [2.24, 2.45) is 5.92 Å². The van der Waals surface area contributed by atoms with Crippen molar-refractivity contribution in [1.29, 1.82) is 5.26 Å². The van der Waals surface area contributed by atoms with E-state index in [1.807, 2.05) is 6.07 Å². The summed E-state index contributed by atoms with van der Waals surface area (Å²) in [6.45, 7) is 4.08. The first-order valence-corrected chi connectivity index (χ1v) is 12.8. The van der Waals surface area contributed by atoms with Crippen LogP contribution >= 0.6 is 11.3 Å². The summed E-state index contributed by atoms with van der Waals surface area (Å²) in [4.78, 5) is 37.4. The molecular weight excluding hydrogens is 494 g/mol. The van der Waals surface area contributed by atoms with E-state index >= 15 is 0 Å². The van der Waals surface area contributed by atoms with Crippen LogP contribution in [0.2, 0.25) is 0 Å². The van der Waals surface area contributed by atoms with E-state index in [1.165, 1.54) is 29.5 Å². The van der Waals surface area contributed by atoms with Gasteiger partial charge in [0.15, 0.2) is 0 Å². The molecule has 3 aromatic rings. The molecule has 4 rings (SSSR count). The van der Waals surface area contributed by atoms with Gasteiger partial charge in [0.25, 0.3) is 11.6 Å². The number of nitriles is 1. The van der Waals surface area contributed by atoms with Gasteiger partial charge >= 0.3 is 5.97 Å². The van der Waals surface area contributed by atoms with Crippen LogP contribution in [0, 0.1) is 27.4 Å². The number of amides is 1. The second kappa shape index (κ2) is 11.2. The van der Waals surface area contributed by atoms with Crippen molar-refractivity contribution in [1.82, 2.24) is 0 Å². The first-order valence-electron chi connectivity index (χ1n) is 11.9. The Morgan fingerprint density at radius 3 is 2.84 bits per heavy atom. The minimum atomic E-state index is -0.674. The van der Waals surface area contributed by atoms with E-state index in [9.17, 15) is 25.0 Å². The minimum Gasteiger partial charge on any atom is -0.462 e. The summed E-state index contributed by atoms with van der Waals surface area (Å²) < 4.78 is 11.0. The Balaban J connectivity index is 1.59. The van der Waals surface area contributed by atoms with E-state index in [1.54, 1.807) is 31.2 Å². The van der Waals surface area contributed by atoms with Gasteiger partial charge in [-0.25, -0.2) is 4.79 Å². The number of ether oxygens (including phenoxy) is 1. The number of nitro benzene ring substituents is 1. The molecule has 1 unspecified atom stereocenters. The number of benzene rings is 1. The zero-order valence-electron chi connectivity index (χ0n) is 20.4. The number of hydrogen-bond acceptors (Lipinski definition) is 8. The zero-order valence-corrected chi connectivity index (χ0v) is 21.2. The van der Waals surface area contributed by atoms with E-state index in [4.69, 9.17) is 9.15 Å². The molecule has 1 aliphatic rings. The monoisotopic (exact) mass is 519 g/mol. The molecule has 1 aliphatic carbocycles. The fraction of sp³-hybridized carbons (Fsp3) is 0.296. The van der Waals surface area contributed by atoms with Crippen LogP contribution < -0.4 is 5.32 Å². The molecule has 1 N–H and O–H groups in total. The van der Waals surface area contributed by atoms with Crippen LogP contribution in [0.3, 0.4) is 0 Å². The number of rotatable bonds is 8. The highest BCUT2D eigenvalue weighted by Crippen LogP contribution is 2.41. The zero-order chi connectivity index (χ0) is 26.5. The van der Waals surface area contributed by atoms with Crippen LogP contribution in [0.1, 0.15) is 53.2 Å². The Bertz CT molecular complexity index is 1430. The molecular formula is C27H25N3O6S. The number of fused-ring (bicyclic) bond motifs is 1. The van der Waals surface area contributed by atoms with Gasteiger partial charge in [0.2, 0.25) is 0 Å². The molecule has 9 nitrogen and oxygen atoms in total. The summed E-state index contributed by atoms with van der Waals surface area (Å²) >= 11 is 1.35. The number of furan rings is 1. The second-order valence-corrected chi connectivity index (χ2v) is 9.68. The first kappa shape index (κ1) is 25.9. The highest BCUT2D eigenvalue weighted by molar-refractivity contribution is 7.17. The van der Waals surface area contributed by atoms with Crippen LogP contribution in [-0.4, -0.2) is 23.4 Å². The molecule has 2 aromatic heterocycles. The lowest BCUT2D eigenvalue weighted by Gasteiger charge is -2.20. The average Bonchev–Trinajstić information content (AvgIpc) is 3.51. The van der Waals surface area contributed by atoms with Gasteiger partial charge < -0.3 is 14.5 Å². The normalized spacial score (nSPS) is 14.9. The first-order chi connectivity index (χ1) is 17.8. The molecule has 0 radical (unpaired) electrons. The summed E-state index contributed by atoms with van der Waals surface area (Å²) in [7, 11) is 0. The maximum Gasteiger partial charge on any atom is 0.341 e. The number of anilines is 1. The highest BCUT2D eigenvalue weighted by atomic mass is 32.1. The van der Waals surface area contributed by atoms with Gasteiger partial charge in [0, 0.05) is 28.6 Å². The summed E-state index contributed by atoms with van der Waals surface area (Å²) in [5.41, 5.74) is 1.48. The van der Waals surface area contributed by atoms with Crippen LogP contribution in [0.15, 0.2) is 46.4 Å². The Morgan fingerprint density at radius 1 is 1.32 bits per heavy atom. The standard InChI is InChI=1S/C27H25N3O6S/c1-3-16-8-10-21-23(12-16)37-26(24(21)27(32)35-4-2)29-25(31)18(15-28)14-20-9-11-22(36-20)17-6-5-7-19(13-17)30(33)34/h5-7,9,11,13-14,16H,3-4,8,10,12H2,1-2H3,(H,29,31)/b18-14+. The molecule has 1 aromatic carbocycles. The maximum atomic E-state index is 13.0. The Kier molecular flexibility index (Phi) is 7.84. The number of esters is 1. The molecule has 0 bridgehead atoms. The number of non-ortho nitro benzene ring substituents is 1. The largest absolute Gasteiger partial charge is 0.462 e. The molecule has 2 heterocycles. The predicted octanol–water partition coefficient (Wildman–Crippen LogP) is 6.15. The van der Waals surface area contributed by atoms with Crippen molar-refractivity contribution in [3.8, 4) is 17.4 Å². The molecule has 190 valence electrons. The minimum absolute atomic E-state index is 0.0793. The van der Waals surface area contributed by atoms with E-state index in [0.717, 1.165) is 36.1 Å². The summed E-state index contributed by atoms with van der Waals surface area (Å²) in [6, 6.07) is 11.0. The molecule has 37 heavy (non-hydrogen) atoms. The summed E-state index contributed by atoms with van der Waals surface area (Å²) in [6.07, 6.45) is 4.88. The molecule has 0 saturated carbocycles. The third-order valence-electron chi connectivity index (χ3n) is 6.27. The SMILES string of the molecule is CCOC(=O)c1c(NC(=O)/C(C#N)=C/c2ccc(-c3cccc([N+](=O)[O-])c3)o2)sc2c1CCC(CC)C2. The maximum absolute atomic E-state index is 13.0. The Labute approximate surface area is 217 Å². The third-order valence-corrected chi connectivity index (χ3v) is 7.44. The van der Waals surface area contributed by atoms with Crippen molar-refractivity contribution >= 4 is 40.0 Å². The molecule has 1 amide bonds. The van der Waals surface area contributed by atoms with Crippen LogP contribution in [0.5, 0.6) is 0 Å². The molecule has 1 atom stereocenters. The van der Waals surface area contributed by atoms with Crippen molar-refractivity contribution in [3.05, 3.63) is 73.8 Å². The molecule has 10 heteroatoms. The van der Waals surface area contributed by atoms with Crippen molar-refractivity contribution < 1.29 is 23.7 Å². The smallest absolute Gasteiger partial charge is 0.341 e. The van der Waals surface area contributed by atoms with E-state index in [-0.39, 0.29) is 23.6 Å². The lowest BCUT2D eigenvalue weighted by Crippen LogP contribution is -2.17. The van der Waals surface area contributed by atoms with Gasteiger partial charge in [0.1, 0.15) is 28.2 Å². The Morgan fingerprint density at radius 2 is 2.14 bits per heavy atom. The highest BCUT2D eigenvalue weighted by Gasteiger charge is 2.30. The molecule has 0 aliphatic heterocycles. The van der Waals surface area contributed by atoms with Crippen molar-refractivity contribution in [2.75, 3.05) is 11.9 Å². The predicted molar refractivity (Wildman–Crippen MR) is 139 cm³/mol. The van der Waals surface area contributed by atoms with Crippen LogP contribution in [-0.2, 0) is 22.4 Å². The third kappa shape index (κ3) is 5.62. The van der Waals surface area contributed by atoms with Gasteiger partial charge in [0.05, 0.1) is 17.1 Å². The number of nitrogens with one attached hydrogen (secondary N) is 1. The quantitative estimate of drug-likeness (QED) is 0.124. The van der Waals surface area contributed by atoms with Gasteiger partial charge in [-0.15, -0.1) is 11.3 Å². The van der Waals surface area contributed by atoms with Crippen LogP contribution in [0.25, 0.3) is 17.4 Å². The number of nitrogens with zero attached hydrogens (tertiary/aromatic N) is 2.